The number of aliphatic hydroxyl groups excluding tert-OH is 1. The zero-order valence-electron chi connectivity index (χ0n) is 17.9. The van der Waals surface area contributed by atoms with Crippen molar-refractivity contribution in [1.29, 1.82) is 0 Å². The number of guanidine groups is 1. The molecule has 162 valence electrons. The second-order valence-electron chi connectivity index (χ2n) is 8.30. The van der Waals surface area contributed by atoms with Gasteiger partial charge in [-0.05, 0) is 25.3 Å². The number of aliphatic hydroxyl groups is 1. The molecule has 2 aliphatic rings. The van der Waals surface area contributed by atoms with Crippen LogP contribution in [0.15, 0.2) is 35.3 Å². The fraction of sp³-hybridized carbons (Fsp3) is 0.696. The normalized spacial score (nSPS) is 21.5. The van der Waals surface area contributed by atoms with Crippen molar-refractivity contribution < 1.29 is 9.84 Å². The molecule has 0 radical (unpaired) electrons. The van der Waals surface area contributed by atoms with Crippen molar-refractivity contribution in [2.75, 3.05) is 45.9 Å². The van der Waals surface area contributed by atoms with E-state index in [1.807, 2.05) is 18.2 Å². The molecule has 1 unspecified atom stereocenters. The van der Waals surface area contributed by atoms with Crippen LogP contribution in [0.5, 0.6) is 0 Å². The van der Waals surface area contributed by atoms with Crippen LogP contribution >= 0.6 is 0 Å². The largest absolute Gasteiger partial charge is 0.391 e. The Balaban J connectivity index is 1.58. The average molecular weight is 403 g/mol. The van der Waals surface area contributed by atoms with Crippen LogP contribution in [0.3, 0.4) is 0 Å². The molecule has 2 fully saturated rings. The van der Waals surface area contributed by atoms with E-state index in [1.54, 1.807) is 0 Å². The monoisotopic (exact) mass is 402 g/mol. The van der Waals surface area contributed by atoms with Gasteiger partial charge in [0, 0.05) is 38.1 Å². The van der Waals surface area contributed by atoms with E-state index in [0.717, 1.165) is 50.9 Å². The van der Waals surface area contributed by atoms with E-state index in [4.69, 9.17) is 9.73 Å². The Morgan fingerprint density at radius 1 is 1.14 bits per heavy atom. The SMILES string of the molecule is CCNC(=NCC1(N2CCOCC2)CCCCC1)NCC(O)Cc1ccccc1. The van der Waals surface area contributed by atoms with Gasteiger partial charge in [-0.1, -0.05) is 49.6 Å². The van der Waals surface area contributed by atoms with E-state index in [-0.39, 0.29) is 5.54 Å². The van der Waals surface area contributed by atoms with Crippen molar-refractivity contribution in [3.8, 4) is 0 Å². The Kier molecular flexibility index (Phi) is 8.77. The number of aliphatic imine (C=N–C) groups is 1. The first-order valence-electron chi connectivity index (χ1n) is 11.3. The molecular weight excluding hydrogens is 364 g/mol. The highest BCUT2D eigenvalue weighted by atomic mass is 16.5. The van der Waals surface area contributed by atoms with Gasteiger partial charge in [0.15, 0.2) is 5.96 Å². The molecule has 0 aromatic heterocycles. The standard InChI is InChI=1S/C23H38N4O2/c1-2-24-22(25-18-21(28)17-20-9-5-3-6-10-20)26-19-23(11-7-4-8-12-23)27-13-15-29-16-14-27/h3,5-6,9-10,21,28H,2,4,7-8,11-19H2,1H3,(H2,24,25,26). The fourth-order valence-corrected chi connectivity index (χ4v) is 4.56. The zero-order chi connectivity index (χ0) is 20.4. The summed E-state index contributed by atoms with van der Waals surface area (Å²) in [5.74, 6) is 0.804. The number of benzene rings is 1. The van der Waals surface area contributed by atoms with Crippen molar-refractivity contribution >= 4 is 5.96 Å². The minimum Gasteiger partial charge on any atom is -0.391 e. The van der Waals surface area contributed by atoms with Gasteiger partial charge in [0.05, 0.1) is 25.9 Å². The van der Waals surface area contributed by atoms with Crippen molar-refractivity contribution in [3.05, 3.63) is 35.9 Å². The summed E-state index contributed by atoms with van der Waals surface area (Å²) in [6.45, 7) is 7.86. The van der Waals surface area contributed by atoms with E-state index in [2.05, 4.69) is 34.6 Å². The molecule has 1 saturated heterocycles. The van der Waals surface area contributed by atoms with Crippen LogP contribution in [0.2, 0.25) is 0 Å². The van der Waals surface area contributed by atoms with Gasteiger partial charge in [-0.3, -0.25) is 9.89 Å². The number of nitrogens with zero attached hydrogens (tertiary/aromatic N) is 2. The van der Waals surface area contributed by atoms with Gasteiger partial charge in [0.25, 0.3) is 0 Å². The number of morpholine rings is 1. The number of hydrogen-bond donors (Lipinski definition) is 3. The molecule has 29 heavy (non-hydrogen) atoms. The van der Waals surface area contributed by atoms with E-state index < -0.39 is 6.10 Å². The lowest BCUT2D eigenvalue weighted by Crippen LogP contribution is -2.56. The molecule has 1 aliphatic carbocycles. The van der Waals surface area contributed by atoms with Gasteiger partial charge in [0.2, 0.25) is 0 Å². The van der Waals surface area contributed by atoms with Crippen molar-refractivity contribution in [2.45, 2.75) is 57.1 Å². The second kappa shape index (κ2) is 11.5. The van der Waals surface area contributed by atoms with Crippen LogP contribution in [0.25, 0.3) is 0 Å². The van der Waals surface area contributed by atoms with Gasteiger partial charge < -0.3 is 20.5 Å². The molecule has 1 atom stereocenters. The van der Waals surface area contributed by atoms with Gasteiger partial charge in [0.1, 0.15) is 0 Å². The first-order chi connectivity index (χ1) is 14.2. The Morgan fingerprint density at radius 2 is 1.86 bits per heavy atom. The number of nitrogens with one attached hydrogen (secondary N) is 2. The summed E-state index contributed by atoms with van der Waals surface area (Å²) >= 11 is 0. The van der Waals surface area contributed by atoms with Gasteiger partial charge in [-0.25, -0.2) is 0 Å². The molecule has 0 amide bonds. The van der Waals surface area contributed by atoms with Crippen molar-refractivity contribution in [1.82, 2.24) is 15.5 Å². The molecular formula is C23H38N4O2. The molecule has 1 aromatic carbocycles. The first-order valence-corrected chi connectivity index (χ1v) is 11.3. The minimum atomic E-state index is -0.441. The van der Waals surface area contributed by atoms with E-state index >= 15 is 0 Å². The lowest BCUT2D eigenvalue weighted by Gasteiger charge is -2.47. The quantitative estimate of drug-likeness (QED) is 0.459. The maximum Gasteiger partial charge on any atom is 0.191 e. The van der Waals surface area contributed by atoms with Crippen molar-refractivity contribution in [3.63, 3.8) is 0 Å². The summed E-state index contributed by atoms with van der Waals surface area (Å²) in [6.07, 6.45) is 6.53. The number of rotatable bonds is 8. The molecule has 1 aliphatic heterocycles. The van der Waals surface area contributed by atoms with Crippen LogP contribution in [0, 0.1) is 0 Å². The molecule has 1 heterocycles. The Hall–Kier alpha value is -1.63. The van der Waals surface area contributed by atoms with Gasteiger partial charge in [-0.2, -0.15) is 0 Å². The second-order valence-corrected chi connectivity index (χ2v) is 8.30. The Bertz CT molecular complexity index is 611. The van der Waals surface area contributed by atoms with Crippen LogP contribution in [0.1, 0.15) is 44.6 Å². The van der Waals surface area contributed by atoms with E-state index in [1.165, 1.54) is 32.1 Å². The highest BCUT2D eigenvalue weighted by molar-refractivity contribution is 5.79. The predicted molar refractivity (Wildman–Crippen MR) is 118 cm³/mol. The fourth-order valence-electron chi connectivity index (χ4n) is 4.56. The molecule has 6 nitrogen and oxygen atoms in total. The van der Waals surface area contributed by atoms with E-state index in [9.17, 15) is 5.11 Å². The van der Waals surface area contributed by atoms with Crippen LogP contribution in [-0.4, -0.2) is 73.5 Å². The summed E-state index contributed by atoms with van der Waals surface area (Å²) in [4.78, 5) is 7.58. The first kappa shape index (κ1) is 22.1. The summed E-state index contributed by atoms with van der Waals surface area (Å²) in [5, 5.41) is 17.1. The van der Waals surface area contributed by atoms with Crippen LogP contribution < -0.4 is 10.6 Å². The molecule has 0 spiro atoms. The topological polar surface area (TPSA) is 69.1 Å². The van der Waals surface area contributed by atoms with Crippen LogP contribution in [0.4, 0.5) is 0 Å². The maximum atomic E-state index is 10.4. The number of ether oxygens (including phenoxy) is 1. The predicted octanol–water partition coefficient (Wildman–Crippen LogP) is 2.18. The molecule has 1 aromatic rings. The highest BCUT2D eigenvalue weighted by Gasteiger charge is 2.38. The van der Waals surface area contributed by atoms with Crippen LogP contribution in [-0.2, 0) is 11.2 Å². The third kappa shape index (κ3) is 6.69. The summed E-state index contributed by atoms with van der Waals surface area (Å²) < 4.78 is 5.58. The highest BCUT2D eigenvalue weighted by Crippen LogP contribution is 2.34. The summed E-state index contributed by atoms with van der Waals surface area (Å²) in [5.41, 5.74) is 1.31. The molecule has 6 heteroatoms. The molecule has 0 bridgehead atoms. The number of hydrogen-bond acceptors (Lipinski definition) is 4. The van der Waals surface area contributed by atoms with E-state index in [0.29, 0.717) is 13.0 Å². The van der Waals surface area contributed by atoms with Crippen molar-refractivity contribution in [2.24, 2.45) is 4.99 Å². The molecule has 3 rings (SSSR count). The minimum absolute atomic E-state index is 0.160. The smallest absolute Gasteiger partial charge is 0.191 e. The Morgan fingerprint density at radius 3 is 2.55 bits per heavy atom. The molecule has 1 saturated carbocycles. The Labute approximate surface area is 175 Å². The lowest BCUT2D eigenvalue weighted by atomic mass is 9.80. The third-order valence-corrected chi connectivity index (χ3v) is 6.16. The maximum absolute atomic E-state index is 10.4. The third-order valence-electron chi connectivity index (χ3n) is 6.16. The van der Waals surface area contributed by atoms with Gasteiger partial charge >= 0.3 is 0 Å². The lowest BCUT2D eigenvalue weighted by molar-refractivity contribution is -0.0333. The molecule has 3 N–H and O–H groups in total. The average Bonchev–Trinajstić information content (AvgIpc) is 2.77. The van der Waals surface area contributed by atoms with Gasteiger partial charge in [-0.15, -0.1) is 0 Å². The summed E-state index contributed by atoms with van der Waals surface area (Å²) in [7, 11) is 0. The zero-order valence-corrected chi connectivity index (χ0v) is 17.9. The summed E-state index contributed by atoms with van der Waals surface area (Å²) in [6, 6.07) is 10.1.